The van der Waals surface area contributed by atoms with E-state index in [1.54, 1.807) is 7.11 Å². The van der Waals surface area contributed by atoms with Gasteiger partial charge in [0, 0.05) is 12.6 Å². The number of aryl methyl sites for hydroxylation is 2. The van der Waals surface area contributed by atoms with E-state index in [4.69, 9.17) is 15.2 Å². The summed E-state index contributed by atoms with van der Waals surface area (Å²) in [5, 5.41) is 0. The van der Waals surface area contributed by atoms with Crippen molar-refractivity contribution in [2.24, 2.45) is 5.73 Å². The summed E-state index contributed by atoms with van der Waals surface area (Å²) in [6, 6.07) is 4.39. The fourth-order valence-corrected chi connectivity index (χ4v) is 3.09. The van der Waals surface area contributed by atoms with Crippen LogP contribution in [-0.2, 0) is 4.74 Å². The van der Waals surface area contributed by atoms with Crippen molar-refractivity contribution in [2.75, 3.05) is 13.7 Å². The SMILES string of the molecule is COc1c(C)cc(C(N)CCC2CCCCO2)cc1C. The Morgan fingerprint density at radius 1 is 1.30 bits per heavy atom. The third-order valence-corrected chi connectivity index (χ3v) is 4.19. The minimum absolute atomic E-state index is 0.0869. The Labute approximate surface area is 122 Å². The maximum atomic E-state index is 6.35. The smallest absolute Gasteiger partial charge is 0.124 e. The van der Waals surface area contributed by atoms with Gasteiger partial charge in [0.25, 0.3) is 0 Å². The fraction of sp³-hybridized carbons (Fsp3) is 0.647. The Kier molecular flexibility index (Phi) is 5.44. The summed E-state index contributed by atoms with van der Waals surface area (Å²) in [6.45, 7) is 5.07. The van der Waals surface area contributed by atoms with Gasteiger partial charge in [0.1, 0.15) is 5.75 Å². The van der Waals surface area contributed by atoms with Gasteiger partial charge in [0.15, 0.2) is 0 Å². The molecule has 2 atom stereocenters. The molecule has 2 unspecified atom stereocenters. The number of rotatable bonds is 5. The van der Waals surface area contributed by atoms with Crippen LogP contribution in [0.15, 0.2) is 12.1 Å². The Morgan fingerprint density at radius 2 is 2.00 bits per heavy atom. The first-order valence-corrected chi connectivity index (χ1v) is 7.64. The van der Waals surface area contributed by atoms with Gasteiger partial charge < -0.3 is 15.2 Å². The maximum absolute atomic E-state index is 6.35. The number of hydrogen-bond acceptors (Lipinski definition) is 3. The largest absolute Gasteiger partial charge is 0.496 e. The summed E-state index contributed by atoms with van der Waals surface area (Å²) in [4.78, 5) is 0. The van der Waals surface area contributed by atoms with Gasteiger partial charge in [-0.15, -0.1) is 0 Å². The van der Waals surface area contributed by atoms with Gasteiger partial charge in [-0.2, -0.15) is 0 Å². The summed E-state index contributed by atoms with van der Waals surface area (Å²) in [5.41, 5.74) is 9.87. The van der Waals surface area contributed by atoms with Crippen LogP contribution < -0.4 is 10.5 Å². The molecule has 0 saturated carbocycles. The van der Waals surface area contributed by atoms with Gasteiger partial charge in [-0.25, -0.2) is 0 Å². The molecule has 3 heteroatoms. The molecule has 0 spiro atoms. The fourth-order valence-electron chi connectivity index (χ4n) is 3.09. The molecule has 2 N–H and O–H groups in total. The van der Waals surface area contributed by atoms with Crippen molar-refractivity contribution in [3.8, 4) is 5.75 Å². The van der Waals surface area contributed by atoms with Crippen molar-refractivity contribution >= 4 is 0 Å². The van der Waals surface area contributed by atoms with Crippen molar-refractivity contribution in [2.45, 2.75) is 58.1 Å². The van der Waals surface area contributed by atoms with Crippen molar-refractivity contribution < 1.29 is 9.47 Å². The standard InChI is InChI=1S/C17H27NO2/c1-12-10-14(11-13(2)17(12)19-3)16(18)8-7-15-6-4-5-9-20-15/h10-11,15-16H,4-9,18H2,1-3H3. The molecule has 3 nitrogen and oxygen atoms in total. The molecule has 0 aliphatic carbocycles. The van der Waals surface area contributed by atoms with Crippen LogP contribution in [0, 0.1) is 13.8 Å². The Hall–Kier alpha value is -1.06. The van der Waals surface area contributed by atoms with Crippen molar-refractivity contribution in [3.63, 3.8) is 0 Å². The molecular formula is C17H27NO2. The first-order chi connectivity index (χ1) is 9.61. The monoisotopic (exact) mass is 277 g/mol. The van der Waals surface area contributed by atoms with Crippen molar-refractivity contribution in [1.29, 1.82) is 0 Å². The summed E-state index contributed by atoms with van der Waals surface area (Å²) >= 11 is 0. The predicted octanol–water partition coefficient (Wildman–Crippen LogP) is 3.66. The lowest BCUT2D eigenvalue weighted by Gasteiger charge is -2.24. The van der Waals surface area contributed by atoms with Crippen LogP contribution in [0.2, 0.25) is 0 Å². The second-order valence-corrected chi connectivity index (χ2v) is 5.86. The zero-order valence-corrected chi connectivity index (χ0v) is 12.9. The van der Waals surface area contributed by atoms with Crippen LogP contribution in [0.1, 0.15) is 54.8 Å². The van der Waals surface area contributed by atoms with Crippen LogP contribution in [0.3, 0.4) is 0 Å². The second-order valence-electron chi connectivity index (χ2n) is 5.86. The number of ether oxygens (including phenoxy) is 2. The Balaban J connectivity index is 1.96. The van der Waals surface area contributed by atoms with E-state index in [9.17, 15) is 0 Å². The molecule has 1 heterocycles. The van der Waals surface area contributed by atoms with Gasteiger partial charge in [-0.1, -0.05) is 12.1 Å². The molecule has 1 aromatic carbocycles. The van der Waals surface area contributed by atoms with E-state index >= 15 is 0 Å². The molecule has 0 amide bonds. The van der Waals surface area contributed by atoms with Gasteiger partial charge in [-0.05, 0) is 62.6 Å². The van der Waals surface area contributed by atoms with Crippen LogP contribution in [0.4, 0.5) is 0 Å². The molecule has 112 valence electrons. The average Bonchev–Trinajstić information content (AvgIpc) is 2.45. The lowest BCUT2D eigenvalue weighted by atomic mass is 9.95. The molecule has 0 aromatic heterocycles. The maximum Gasteiger partial charge on any atom is 0.124 e. The van der Waals surface area contributed by atoms with E-state index in [1.165, 1.54) is 24.8 Å². The van der Waals surface area contributed by atoms with Gasteiger partial charge >= 0.3 is 0 Å². The van der Waals surface area contributed by atoms with Crippen LogP contribution in [0.5, 0.6) is 5.75 Å². The summed E-state index contributed by atoms with van der Waals surface area (Å²) in [6.07, 6.45) is 6.14. The summed E-state index contributed by atoms with van der Waals surface area (Å²) in [7, 11) is 1.72. The zero-order chi connectivity index (χ0) is 14.5. The van der Waals surface area contributed by atoms with E-state index < -0.39 is 0 Å². The van der Waals surface area contributed by atoms with E-state index in [0.29, 0.717) is 6.10 Å². The lowest BCUT2D eigenvalue weighted by molar-refractivity contribution is 0.00912. The topological polar surface area (TPSA) is 44.5 Å². The highest BCUT2D eigenvalue weighted by Gasteiger charge is 2.17. The molecule has 1 aromatic rings. The second kappa shape index (κ2) is 7.09. The third kappa shape index (κ3) is 3.74. The Bertz CT molecular complexity index is 416. The molecule has 2 rings (SSSR count). The first-order valence-electron chi connectivity index (χ1n) is 7.64. The van der Waals surface area contributed by atoms with E-state index in [-0.39, 0.29) is 6.04 Å². The van der Waals surface area contributed by atoms with E-state index in [0.717, 1.165) is 36.3 Å². The predicted molar refractivity (Wildman–Crippen MR) is 82.2 cm³/mol. The minimum Gasteiger partial charge on any atom is -0.496 e. The molecular weight excluding hydrogens is 250 g/mol. The highest BCUT2D eigenvalue weighted by Crippen LogP contribution is 2.29. The molecule has 1 saturated heterocycles. The minimum atomic E-state index is 0.0869. The van der Waals surface area contributed by atoms with Crippen molar-refractivity contribution in [3.05, 3.63) is 28.8 Å². The van der Waals surface area contributed by atoms with E-state index in [2.05, 4.69) is 26.0 Å². The van der Waals surface area contributed by atoms with Crippen LogP contribution in [0.25, 0.3) is 0 Å². The number of hydrogen-bond donors (Lipinski definition) is 1. The summed E-state index contributed by atoms with van der Waals surface area (Å²) < 4.78 is 11.2. The zero-order valence-electron chi connectivity index (χ0n) is 12.9. The molecule has 20 heavy (non-hydrogen) atoms. The molecule has 1 fully saturated rings. The number of methoxy groups -OCH3 is 1. The normalized spacial score (nSPS) is 20.7. The molecule has 1 aliphatic heterocycles. The van der Waals surface area contributed by atoms with Gasteiger partial charge in [0.05, 0.1) is 13.2 Å². The molecule has 1 aliphatic rings. The average molecular weight is 277 g/mol. The van der Waals surface area contributed by atoms with Crippen LogP contribution in [-0.4, -0.2) is 19.8 Å². The highest BCUT2D eigenvalue weighted by molar-refractivity contribution is 5.44. The van der Waals surface area contributed by atoms with Gasteiger partial charge in [-0.3, -0.25) is 0 Å². The molecule has 0 bridgehead atoms. The summed E-state index contributed by atoms with van der Waals surface area (Å²) in [5.74, 6) is 0.969. The molecule has 0 radical (unpaired) electrons. The quantitative estimate of drug-likeness (QED) is 0.893. The lowest BCUT2D eigenvalue weighted by Crippen LogP contribution is -2.21. The number of nitrogens with two attached hydrogens (primary N) is 1. The van der Waals surface area contributed by atoms with Gasteiger partial charge in [0.2, 0.25) is 0 Å². The highest BCUT2D eigenvalue weighted by atomic mass is 16.5. The first kappa shape index (κ1) is 15.3. The Morgan fingerprint density at radius 3 is 2.55 bits per heavy atom. The van der Waals surface area contributed by atoms with Crippen LogP contribution >= 0.6 is 0 Å². The number of benzene rings is 1. The third-order valence-electron chi connectivity index (χ3n) is 4.19. The van der Waals surface area contributed by atoms with E-state index in [1.807, 2.05) is 0 Å². The van der Waals surface area contributed by atoms with Crippen molar-refractivity contribution in [1.82, 2.24) is 0 Å².